The first-order chi connectivity index (χ1) is 12.4. The molecule has 1 aromatic carbocycles. The Morgan fingerprint density at radius 1 is 1.08 bits per heavy atom. The number of benzene rings is 1. The Bertz CT molecular complexity index is 712. The van der Waals surface area contributed by atoms with E-state index in [-0.39, 0.29) is 11.8 Å². The van der Waals surface area contributed by atoms with Gasteiger partial charge in [0.15, 0.2) is 0 Å². The van der Waals surface area contributed by atoms with E-state index >= 15 is 0 Å². The van der Waals surface area contributed by atoms with Gasteiger partial charge in [-0.05, 0) is 49.8 Å². The molecule has 2 heterocycles. The van der Waals surface area contributed by atoms with Gasteiger partial charge in [0.1, 0.15) is 0 Å². The molecule has 1 aromatic rings. The number of amides is 1. The first-order valence-electron chi connectivity index (χ1n) is 9.50. The molecule has 7 heteroatoms. The second-order valence-corrected chi connectivity index (χ2v) is 9.37. The molecule has 2 aliphatic heterocycles. The standard InChI is InChI=1S/C19H29N3O3S/c1-26(24,25)22-13-5-6-17(15-22)19(23)20-14-16-7-9-18(10-8-16)21-11-3-2-4-12-21/h7-10,17H,2-6,11-15H2,1H3,(H,20,23)/t17-/m1/s1. The lowest BCUT2D eigenvalue weighted by Gasteiger charge is -2.30. The third-order valence-corrected chi connectivity index (χ3v) is 6.62. The Morgan fingerprint density at radius 3 is 2.42 bits per heavy atom. The summed E-state index contributed by atoms with van der Waals surface area (Å²) in [5.74, 6) is -0.315. The van der Waals surface area contributed by atoms with Crippen LogP contribution in [-0.2, 0) is 21.4 Å². The second-order valence-electron chi connectivity index (χ2n) is 7.39. The molecule has 2 aliphatic rings. The van der Waals surface area contributed by atoms with E-state index in [0.29, 0.717) is 19.6 Å². The van der Waals surface area contributed by atoms with Crippen LogP contribution >= 0.6 is 0 Å². The summed E-state index contributed by atoms with van der Waals surface area (Å²) in [4.78, 5) is 14.8. The summed E-state index contributed by atoms with van der Waals surface area (Å²) in [7, 11) is -3.23. The summed E-state index contributed by atoms with van der Waals surface area (Å²) in [6.07, 6.45) is 6.50. The number of carbonyl (C=O) groups is 1. The lowest BCUT2D eigenvalue weighted by molar-refractivity contribution is -0.126. The zero-order valence-electron chi connectivity index (χ0n) is 15.5. The molecule has 2 saturated heterocycles. The smallest absolute Gasteiger partial charge is 0.224 e. The number of carbonyl (C=O) groups excluding carboxylic acids is 1. The van der Waals surface area contributed by atoms with E-state index in [4.69, 9.17) is 0 Å². The van der Waals surface area contributed by atoms with Crippen LogP contribution in [0.15, 0.2) is 24.3 Å². The second kappa shape index (κ2) is 8.39. The minimum absolute atomic E-state index is 0.0570. The van der Waals surface area contributed by atoms with Gasteiger partial charge in [0.2, 0.25) is 15.9 Å². The fourth-order valence-electron chi connectivity index (χ4n) is 3.77. The van der Waals surface area contributed by atoms with Gasteiger partial charge in [-0.3, -0.25) is 4.79 Å². The van der Waals surface area contributed by atoms with Gasteiger partial charge in [0.05, 0.1) is 12.2 Å². The largest absolute Gasteiger partial charge is 0.372 e. The van der Waals surface area contributed by atoms with E-state index < -0.39 is 10.0 Å². The predicted molar refractivity (Wildman–Crippen MR) is 103 cm³/mol. The summed E-state index contributed by atoms with van der Waals surface area (Å²) < 4.78 is 24.8. The van der Waals surface area contributed by atoms with Crippen LogP contribution in [-0.4, -0.2) is 51.1 Å². The molecular formula is C19H29N3O3S. The normalized spacial score (nSPS) is 22.2. The summed E-state index contributed by atoms with van der Waals surface area (Å²) in [6.45, 7) is 3.52. The number of rotatable bonds is 5. The summed E-state index contributed by atoms with van der Waals surface area (Å²) in [5, 5.41) is 2.97. The Labute approximate surface area is 156 Å². The van der Waals surface area contributed by atoms with E-state index in [0.717, 1.165) is 31.5 Å². The highest BCUT2D eigenvalue weighted by Gasteiger charge is 2.29. The molecule has 0 bridgehead atoms. The van der Waals surface area contributed by atoms with Crippen molar-refractivity contribution in [3.63, 3.8) is 0 Å². The Balaban J connectivity index is 1.51. The van der Waals surface area contributed by atoms with Gasteiger partial charge in [-0.15, -0.1) is 0 Å². The van der Waals surface area contributed by atoms with Crippen molar-refractivity contribution in [3.05, 3.63) is 29.8 Å². The first-order valence-corrected chi connectivity index (χ1v) is 11.3. The molecule has 1 amide bonds. The zero-order valence-corrected chi connectivity index (χ0v) is 16.3. The van der Waals surface area contributed by atoms with Crippen LogP contribution < -0.4 is 10.2 Å². The minimum atomic E-state index is -3.23. The van der Waals surface area contributed by atoms with Crippen molar-refractivity contribution in [1.82, 2.24) is 9.62 Å². The van der Waals surface area contributed by atoms with Crippen LogP contribution in [0.5, 0.6) is 0 Å². The van der Waals surface area contributed by atoms with Crippen molar-refractivity contribution in [2.45, 2.75) is 38.6 Å². The fourth-order valence-corrected chi connectivity index (χ4v) is 4.68. The monoisotopic (exact) mass is 379 g/mol. The van der Waals surface area contributed by atoms with Gasteiger partial charge in [-0.1, -0.05) is 12.1 Å². The van der Waals surface area contributed by atoms with Crippen LogP contribution in [0, 0.1) is 5.92 Å². The van der Waals surface area contributed by atoms with Crippen LogP contribution in [0.2, 0.25) is 0 Å². The Hall–Kier alpha value is -1.60. The zero-order chi connectivity index (χ0) is 18.6. The van der Waals surface area contributed by atoms with Gasteiger partial charge in [0.25, 0.3) is 0 Å². The average molecular weight is 380 g/mol. The maximum Gasteiger partial charge on any atom is 0.224 e. The van der Waals surface area contributed by atoms with Crippen LogP contribution in [0.25, 0.3) is 0 Å². The average Bonchev–Trinajstić information content (AvgIpc) is 2.66. The number of nitrogens with zero attached hydrogens (tertiary/aromatic N) is 2. The predicted octanol–water partition coefficient (Wildman–Crippen LogP) is 1.96. The molecule has 0 aromatic heterocycles. The highest BCUT2D eigenvalue weighted by atomic mass is 32.2. The van der Waals surface area contributed by atoms with Gasteiger partial charge in [-0.2, -0.15) is 0 Å². The molecule has 0 unspecified atom stereocenters. The molecule has 1 N–H and O–H groups in total. The summed E-state index contributed by atoms with van der Waals surface area (Å²) in [5.41, 5.74) is 2.31. The molecule has 2 fully saturated rings. The van der Waals surface area contributed by atoms with Gasteiger partial charge >= 0.3 is 0 Å². The third-order valence-electron chi connectivity index (χ3n) is 5.35. The van der Waals surface area contributed by atoms with E-state index in [9.17, 15) is 13.2 Å². The highest BCUT2D eigenvalue weighted by Crippen LogP contribution is 2.21. The molecule has 0 aliphatic carbocycles. The molecule has 26 heavy (non-hydrogen) atoms. The highest BCUT2D eigenvalue weighted by molar-refractivity contribution is 7.88. The SMILES string of the molecule is CS(=O)(=O)N1CCC[C@@H](C(=O)NCc2ccc(N3CCCCC3)cc2)C1. The molecule has 6 nitrogen and oxygen atoms in total. The number of hydrogen-bond donors (Lipinski definition) is 1. The van der Waals surface area contributed by atoms with Crippen molar-refractivity contribution in [2.75, 3.05) is 37.3 Å². The lowest BCUT2D eigenvalue weighted by atomic mass is 9.98. The van der Waals surface area contributed by atoms with Crippen LogP contribution in [0.4, 0.5) is 5.69 Å². The molecule has 144 valence electrons. The first kappa shape index (κ1) is 19.2. The van der Waals surface area contributed by atoms with Gasteiger partial charge in [0, 0.05) is 38.4 Å². The molecule has 0 spiro atoms. The number of anilines is 1. The van der Waals surface area contributed by atoms with Crippen molar-refractivity contribution in [3.8, 4) is 0 Å². The maximum atomic E-state index is 12.4. The van der Waals surface area contributed by atoms with Crippen molar-refractivity contribution in [2.24, 2.45) is 5.92 Å². The van der Waals surface area contributed by atoms with Crippen molar-refractivity contribution in [1.29, 1.82) is 0 Å². The minimum Gasteiger partial charge on any atom is -0.372 e. The van der Waals surface area contributed by atoms with E-state index in [1.165, 1.54) is 35.5 Å². The molecular weight excluding hydrogens is 350 g/mol. The third kappa shape index (κ3) is 4.98. The van der Waals surface area contributed by atoms with E-state index in [1.54, 1.807) is 0 Å². The quantitative estimate of drug-likeness (QED) is 0.849. The maximum absolute atomic E-state index is 12.4. The number of piperidine rings is 2. The number of sulfonamides is 1. The molecule has 3 rings (SSSR count). The van der Waals surface area contributed by atoms with E-state index in [1.807, 2.05) is 0 Å². The van der Waals surface area contributed by atoms with Gasteiger partial charge in [-0.25, -0.2) is 12.7 Å². The Kier molecular flexibility index (Phi) is 6.19. The molecule has 0 saturated carbocycles. The van der Waals surface area contributed by atoms with Gasteiger partial charge < -0.3 is 10.2 Å². The Morgan fingerprint density at radius 2 is 1.77 bits per heavy atom. The molecule has 1 atom stereocenters. The number of hydrogen-bond acceptors (Lipinski definition) is 4. The van der Waals surface area contributed by atoms with Crippen LogP contribution in [0.3, 0.4) is 0 Å². The van der Waals surface area contributed by atoms with Crippen molar-refractivity contribution < 1.29 is 13.2 Å². The fraction of sp³-hybridized carbons (Fsp3) is 0.632. The van der Waals surface area contributed by atoms with Crippen molar-refractivity contribution >= 4 is 21.6 Å². The summed E-state index contributed by atoms with van der Waals surface area (Å²) in [6, 6.07) is 8.37. The van der Waals surface area contributed by atoms with Crippen LogP contribution in [0.1, 0.15) is 37.7 Å². The molecule has 0 radical (unpaired) electrons. The lowest BCUT2D eigenvalue weighted by Crippen LogP contribution is -2.44. The topological polar surface area (TPSA) is 69.7 Å². The van der Waals surface area contributed by atoms with E-state index in [2.05, 4.69) is 34.5 Å². The summed E-state index contributed by atoms with van der Waals surface area (Å²) >= 11 is 0. The number of nitrogens with one attached hydrogen (secondary N) is 1.